The largest absolute Gasteiger partial charge is 0.374 e. The second kappa shape index (κ2) is 12.1. The van der Waals surface area contributed by atoms with Crippen LogP contribution in [0.5, 0.6) is 0 Å². The van der Waals surface area contributed by atoms with Crippen LogP contribution in [0.15, 0.2) is 34.6 Å². The van der Waals surface area contributed by atoms with Gasteiger partial charge in [0.05, 0.1) is 10.7 Å². The second-order valence-corrected chi connectivity index (χ2v) is 6.85. The van der Waals surface area contributed by atoms with E-state index in [2.05, 4.69) is 26.0 Å². The summed E-state index contributed by atoms with van der Waals surface area (Å²) in [6, 6.07) is 6.65. The van der Waals surface area contributed by atoms with E-state index in [1.807, 2.05) is 24.9 Å². The van der Waals surface area contributed by atoms with Gasteiger partial charge in [0, 0.05) is 51.2 Å². The van der Waals surface area contributed by atoms with Gasteiger partial charge in [-0.3, -0.25) is 4.99 Å². The van der Waals surface area contributed by atoms with Crippen molar-refractivity contribution in [1.29, 1.82) is 0 Å². The predicted molar refractivity (Wildman–Crippen MR) is 120 cm³/mol. The van der Waals surface area contributed by atoms with Gasteiger partial charge in [-0.1, -0.05) is 6.07 Å². The molecule has 0 aliphatic heterocycles. The van der Waals surface area contributed by atoms with Crippen LogP contribution in [0, 0.1) is 12.7 Å². The highest BCUT2D eigenvalue weighted by molar-refractivity contribution is 14.0. The Morgan fingerprint density at radius 3 is 2.73 bits per heavy atom. The Balaban J connectivity index is 0.00000338. The topological polar surface area (TPSA) is 52.6 Å². The van der Waals surface area contributed by atoms with Crippen molar-refractivity contribution in [2.75, 3.05) is 38.6 Å². The fourth-order valence-corrected chi connectivity index (χ4v) is 3.07. The number of halogens is 2. The summed E-state index contributed by atoms with van der Waals surface area (Å²) in [6.45, 7) is 4.45. The number of nitrogens with zero attached hydrogens (tertiary/aromatic N) is 3. The van der Waals surface area contributed by atoms with Crippen molar-refractivity contribution in [2.45, 2.75) is 19.8 Å². The van der Waals surface area contributed by atoms with Gasteiger partial charge in [-0.25, -0.2) is 9.37 Å². The summed E-state index contributed by atoms with van der Waals surface area (Å²) >= 11 is 1.67. The van der Waals surface area contributed by atoms with Crippen molar-refractivity contribution in [3.05, 3.63) is 46.2 Å². The van der Waals surface area contributed by atoms with E-state index in [9.17, 15) is 4.39 Å². The molecule has 2 aromatic rings. The van der Waals surface area contributed by atoms with E-state index in [-0.39, 0.29) is 29.8 Å². The van der Waals surface area contributed by atoms with Gasteiger partial charge in [0.1, 0.15) is 5.82 Å². The number of benzene rings is 1. The van der Waals surface area contributed by atoms with Gasteiger partial charge >= 0.3 is 0 Å². The lowest BCUT2D eigenvalue weighted by molar-refractivity contribution is 0.626. The Labute approximate surface area is 176 Å². The van der Waals surface area contributed by atoms with Gasteiger partial charge in [0.15, 0.2) is 5.96 Å². The molecule has 26 heavy (non-hydrogen) atoms. The first-order valence-corrected chi connectivity index (χ1v) is 9.28. The lowest BCUT2D eigenvalue weighted by Gasteiger charge is -2.19. The molecule has 0 fully saturated rings. The summed E-state index contributed by atoms with van der Waals surface area (Å²) in [7, 11) is 3.74. The highest BCUT2D eigenvalue weighted by Crippen LogP contribution is 2.13. The summed E-state index contributed by atoms with van der Waals surface area (Å²) in [4.78, 5) is 10.7. The average Bonchev–Trinajstić information content (AvgIpc) is 3.02. The monoisotopic (exact) mass is 491 g/mol. The van der Waals surface area contributed by atoms with Gasteiger partial charge in [0.25, 0.3) is 0 Å². The summed E-state index contributed by atoms with van der Waals surface area (Å²) in [6.07, 6.45) is 1.81. The number of aryl methyl sites for hydroxylation is 1. The first-order valence-electron chi connectivity index (χ1n) is 8.40. The molecule has 0 spiro atoms. The quantitative estimate of drug-likeness (QED) is 0.257. The predicted octanol–water partition coefficient (Wildman–Crippen LogP) is 3.44. The van der Waals surface area contributed by atoms with Crippen molar-refractivity contribution in [3.63, 3.8) is 0 Å². The molecule has 0 aliphatic carbocycles. The molecule has 0 amide bonds. The third kappa shape index (κ3) is 7.86. The molecule has 1 aromatic heterocycles. The number of guanidine groups is 1. The van der Waals surface area contributed by atoms with Crippen molar-refractivity contribution in [1.82, 2.24) is 15.6 Å². The molecular formula is C18H27FIN5S. The minimum atomic E-state index is -0.206. The first kappa shape index (κ1) is 22.6. The molecule has 144 valence electrons. The van der Waals surface area contributed by atoms with Crippen LogP contribution in [0.1, 0.15) is 17.1 Å². The first-order chi connectivity index (χ1) is 12.1. The molecule has 0 unspecified atom stereocenters. The number of aliphatic imine (C=N–C) groups is 1. The zero-order valence-electron chi connectivity index (χ0n) is 15.5. The molecule has 8 heteroatoms. The molecule has 1 heterocycles. The Bertz CT molecular complexity index is 692. The number of nitrogens with one attached hydrogen (secondary N) is 2. The maximum Gasteiger partial charge on any atom is 0.190 e. The van der Waals surface area contributed by atoms with E-state index in [4.69, 9.17) is 0 Å². The molecule has 2 rings (SSSR count). The number of aromatic nitrogens is 1. The molecule has 0 saturated heterocycles. The lowest BCUT2D eigenvalue weighted by Crippen LogP contribution is -2.39. The Morgan fingerprint density at radius 2 is 2.08 bits per heavy atom. The summed E-state index contributed by atoms with van der Waals surface area (Å²) in [5.41, 5.74) is 2.00. The smallest absolute Gasteiger partial charge is 0.190 e. The Kier molecular flexibility index (Phi) is 10.5. The third-order valence-corrected chi connectivity index (χ3v) is 4.60. The molecule has 2 N–H and O–H groups in total. The number of rotatable bonds is 8. The van der Waals surface area contributed by atoms with E-state index in [1.165, 1.54) is 6.07 Å². The van der Waals surface area contributed by atoms with E-state index in [0.717, 1.165) is 54.8 Å². The van der Waals surface area contributed by atoms with Gasteiger partial charge in [-0.2, -0.15) is 0 Å². The van der Waals surface area contributed by atoms with Gasteiger partial charge in [-0.15, -0.1) is 35.3 Å². The van der Waals surface area contributed by atoms with Gasteiger partial charge < -0.3 is 15.5 Å². The van der Waals surface area contributed by atoms with E-state index in [0.29, 0.717) is 0 Å². The number of anilines is 1. The maximum absolute atomic E-state index is 13.2. The summed E-state index contributed by atoms with van der Waals surface area (Å²) < 4.78 is 13.2. The van der Waals surface area contributed by atoms with E-state index >= 15 is 0 Å². The standard InChI is InChI=1S/C18H26FN5S.HI/c1-14-23-16(13-25-14)8-10-22-18(20-2)21-9-5-11-24(3)17-7-4-6-15(19)12-17;/h4,6-7,12-13H,5,8-11H2,1-3H3,(H2,20,21,22);1H. The number of thiazole rings is 1. The maximum atomic E-state index is 13.2. The molecule has 1 aromatic carbocycles. The fraction of sp³-hybridized carbons (Fsp3) is 0.444. The van der Waals surface area contributed by atoms with Gasteiger partial charge in [0.2, 0.25) is 0 Å². The zero-order valence-corrected chi connectivity index (χ0v) is 18.6. The Morgan fingerprint density at radius 1 is 1.31 bits per heavy atom. The molecular weight excluding hydrogens is 464 g/mol. The number of hydrogen-bond donors (Lipinski definition) is 2. The molecule has 0 atom stereocenters. The number of hydrogen-bond acceptors (Lipinski definition) is 4. The molecule has 0 radical (unpaired) electrons. The summed E-state index contributed by atoms with van der Waals surface area (Å²) in [5.74, 6) is 0.586. The van der Waals surface area contributed by atoms with Crippen LogP contribution in [-0.2, 0) is 6.42 Å². The van der Waals surface area contributed by atoms with Crippen LogP contribution in [0.2, 0.25) is 0 Å². The highest BCUT2D eigenvalue weighted by Gasteiger charge is 2.03. The minimum Gasteiger partial charge on any atom is -0.374 e. The molecule has 0 saturated carbocycles. The fourth-order valence-electron chi connectivity index (χ4n) is 2.42. The zero-order chi connectivity index (χ0) is 18.1. The second-order valence-electron chi connectivity index (χ2n) is 5.79. The lowest BCUT2D eigenvalue weighted by atomic mass is 10.2. The van der Waals surface area contributed by atoms with E-state index in [1.54, 1.807) is 30.5 Å². The van der Waals surface area contributed by atoms with Gasteiger partial charge in [-0.05, 0) is 31.5 Å². The van der Waals surface area contributed by atoms with Crippen LogP contribution >= 0.6 is 35.3 Å². The SMILES string of the molecule is CN=C(NCCCN(C)c1cccc(F)c1)NCCc1csc(C)n1.I. The normalized spacial score (nSPS) is 11.0. The third-order valence-electron chi connectivity index (χ3n) is 3.78. The van der Waals surface area contributed by atoms with Crippen molar-refractivity contribution in [3.8, 4) is 0 Å². The summed E-state index contributed by atoms with van der Waals surface area (Å²) in [5, 5.41) is 9.78. The van der Waals surface area contributed by atoms with Crippen LogP contribution in [0.3, 0.4) is 0 Å². The molecule has 5 nitrogen and oxygen atoms in total. The highest BCUT2D eigenvalue weighted by atomic mass is 127. The van der Waals surface area contributed by atoms with Crippen molar-refractivity contribution in [2.24, 2.45) is 4.99 Å². The average molecular weight is 491 g/mol. The van der Waals surface area contributed by atoms with Crippen LogP contribution in [-0.4, -0.2) is 44.7 Å². The van der Waals surface area contributed by atoms with Crippen molar-refractivity contribution < 1.29 is 4.39 Å². The van der Waals surface area contributed by atoms with E-state index < -0.39 is 0 Å². The van der Waals surface area contributed by atoms with Crippen LogP contribution in [0.4, 0.5) is 10.1 Å². The van der Waals surface area contributed by atoms with Crippen LogP contribution < -0.4 is 15.5 Å². The minimum absolute atomic E-state index is 0. The molecule has 0 aliphatic rings. The molecule has 0 bridgehead atoms. The van der Waals surface area contributed by atoms with Crippen molar-refractivity contribution >= 4 is 47.0 Å². The Hall–Kier alpha value is -1.42. The van der Waals surface area contributed by atoms with Crippen LogP contribution in [0.25, 0.3) is 0 Å².